The van der Waals surface area contributed by atoms with E-state index in [4.69, 9.17) is 4.74 Å². The number of halogens is 2. The van der Waals surface area contributed by atoms with Crippen molar-refractivity contribution in [1.29, 1.82) is 0 Å². The molecule has 1 heterocycles. The van der Waals surface area contributed by atoms with E-state index in [1.54, 1.807) is 7.11 Å². The summed E-state index contributed by atoms with van der Waals surface area (Å²) in [6.45, 7) is 6.47. The molecule has 0 bridgehead atoms. The first kappa shape index (κ1) is 13.8. The van der Waals surface area contributed by atoms with Crippen LogP contribution in [-0.2, 0) is 6.54 Å². The van der Waals surface area contributed by atoms with Gasteiger partial charge in [-0.05, 0) is 34.5 Å². The molecule has 1 aromatic carbocycles. The number of piperazine rings is 1. The molecule has 0 unspecified atom stereocenters. The normalized spacial score (nSPS) is 16.9. The van der Waals surface area contributed by atoms with Gasteiger partial charge in [0.15, 0.2) is 0 Å². The Morgan fingerprint density at radius 2 is 2.11 bits per heavy atom. The van der Waals surface area contributed by atoms with Crippen molar-refractivity contribution in [3.8, 4) is 5.75 Å². The molecule has 1 N–H and O–H groups in total. The van der Waals surface area contributed by atoms with Crippen molar-refractivity contribution in [2.75, 3.05) is 33.3 Å². The highest BCUT2D eigenvalue weighted by Gasteiger charge is 2.18. The van der Waals surface area contributed by atoms with Crippen LogP contribution in [0.4, 0.5) is 4.39 Å². The Labute approximate surface area is 115 Å². The smallest absolute Gasteiger partial charge is 0.138 e. The van der Waals surface area contributed by atoms with E-state index in [2.05, 4.69) is 26.1 Å². The fourth-order valence-corrected chi connectivity index (χ4v) is 2.85. The van der Waals surface area contributed by atoms with Crippen molar-refractivity contribution < 1.29 is 9.13 Å². The van der Waals surface area contributed by atoms with Gasteiger partial charge in [-0.15, -0.1) is 0 Å². The molecule has 5 heteroatoms. The van der Waals surface area contributed by atoms with Crippen molar-refractivity contribution in [1.82, 2.24) is 10.2 Å². The van der Waals surface area contributed by atoms with Crippen LogP contribution in [0, 0.1) is 12.7 Å². The molecule has 1 aliphatic rings. The van der Waals surface area contributed by atoms with Gasteiger partial charge in [0.05, 0.1) is 11.6 Å². The lowest BCUT2D eigenvalue weighted by molar-refractivity contribution is 0.229. The number of nitrogens with zero attached hydrogens (tertiary/aromatic N) is 1. The van der Waals surface area contributed by atoms with Gasteiger partial charge in [0, 0.05) is 38.3 Å². The Morgan fingerprint density at radius 1 is 1.44 bits per heavy atom. The fraction of sp³-hybridized carbons (Fsp3) is 0.538. The molecule has 1 fully saturated rings. The average Bonchev–Trinajstić information content (AvgIpc) is 2.37. The number of hydrogen-bond acceptors (Lipinski definition) is 3. The highest BCUT2D eigenvalue weighted by molar-refractivity contribution is 9.10. The van der Waals surface area contributed by atoms with E-state index in [0.717, 1.165) is 44.0 Å². The Kier molecular flexibility index (Phi) is 4.59. The third kappa shape index (κ3) is 2.84. The lowest BCUT2D eigenvalue weighted by Gasteiger charge is -2.28. The van der Waals surface area contributed by atoms with Crippen LogP contribution in [0.25, 0.3) is 0 Å². The van der Waals surface area contributed by atoms with Crippen LogP contribution >= 0.6 is 15.9 Å². The Hall–Kier alpha value is -0.650. The first-order chi connectivity index (χ1) is 8.63. The molecule has 3 nitrogen and oxygen atoms in total. The molecule has 1 saturated heterocycles. The lowest BCUT2D eigenvalue weighted by atomic mass is 10.1. The van der Waals surface area contributed by atoms with E-state index in [9.17, 15) is 4.39 Å². The van der Waals surface area contributed by atoms with E-state index < -0.39 is 0 Å². The largest absolute Gasteiger partial charge is 0.495 e. The molecule has 0 aliphatic carbocycles. The Balaban J connectivity index is 2.29. The summed E-state index contributed by atoms with van der Waals surface area (Å²) in [5, 5.41) is 3.31. The summed E-state index contributed by atoms with van der Waals surface area (Å²) in [6.07, 6.45) is 0. The molecule has 0 aromatic heterocycles. The third-order valence-electron chi connectivity index (χ3n) is 3.35. The molecule has 0 saturated carbocycles. The summed E-state index contributed by atoms with van der Waals surface area (Å²) in [5.74, 6) is 0.556. The van der Waals surface area contributed by atoms with Crippen LogP contribution in [0.3, 0.4) is 0 Å². The van der Waals surface area contributed by atoms with Gasteiger partial charge in [-0.25, -0.2) is 4.39 Å². The van der Waals surface area contributed by atoms with Gasteiger partial charge in [0.1, 0.15) is 11.6 Å². The fourth-order valence-electron chi connectivity index (χ4n) is 2.25. The molecule has 0 radical (unpaired) electrons. The van der Waals surface area contributed by atoms with Crippen molar-refractivity contribution in [3.05, 3.63) is 27.5 Å². The summed E-state index contributed by atoms with van der Waals surface area (Å²) < 4.78 is 19.9. The molecule has 1 aromatic rings. The van der Waals surface area contributed by atoms with E-state index in [-0.39, 0.29) is 5.82 Å². The predicted molar refractivity (Wildman–Crippen MR) is 73.5 cm³/mol. The molecular weight excluding hydrogens is 299 g/mol. The molecule has 100 valence electrons. The van der Waals surface area contributed by atoms with E-state index >= 15 is 0 Å². The molecule has 1 aliphatic heterocycles. The molecule has 2 rings (SSSR count). The van der Waals surface area contributed by atoms with Gasteiger partial charge >= 0.3 is 0 Å². The van der Waals surface area contributed by atoms with Gasteiger partial charge in [-0.1, -0.05) is 0 Å². The maximum absolute atomic E-state index is 13.8. The van der Waals surface area contributed by atoms with E-state index in [1.807, 2.05) is 6.92 Å². The number of rotatable bonds is 3. The minimum absolute atomic E-state index is 0.187. The van der Waals surface area contributed by atoms with Crippen molar-refractivity contribution in [3.63, 3.8) is 0 Å². The number of nitrogens with one attached hydrogen (secondary N) is 1. The molecular formula is C13H18BrFN2O. The summed E-state index contributed by atoms with van der Waals surface area (Å²) in [5.41, 5.74) is 1.61. The Bertz CT molecular complexity index is 433. The molecule has 0 amide bonds. The second-order valence-electron chi connectivity index (χ2n) is 4.50. The van der Waals surface area contributed by atoms with Gasteiger partial charge in [0.2, 0.25) is 0 Å². The van der Waals surface area contributed by atoms with Gasteiger partial charge in [0.25, 0.3) is 0 Å². The first-order valence-corrected chi connectivity index (χ1v) is 6.87. The van der Waals surface area contributed by atoms with Crippen LogP contribution < -0.4 is 10.1 Å². The number of benzene rings is 1. The van der Waals surface area contributed by atoms with Crippen LogP contribution in [-0.4, -0.2) is 38.2 Å². The number of methoxy groups -OCH3 is 1. The zero-order chi connectivity index (χ0) is 13.1. The maximum Gasteiger partial charge on any atom is 0.138 e. The SMILES string of the molecule is COc1c(Br)cc(F)c(C)c1CN1CCNCC1. The highest BCUT2D eigenvalue weighted by atomic mass is 79.9. The maximum atomic E-state index is 13.8. The zero-order valence-electron chi connectivity index (χ0n) is 10.7. The predicted octanol–water partition coefficient (Wildman–Crippen LogP) is 2.31. The van der Waals surface area contributed by atoms with E-state index in [0.29, 0.717) is 10.0 Å². The third-order valence-corrected chi connectivity index (χ3v) is 3.94. The van der Waals surface area contributed by atoms with E-state index in [1.165, 1.54) is 6.07 Å². The highest BCUT2D eigenvalue weighted by Crippen LogP contribution is 2.34. The average molecular weight is 317 g/mol. The van der Waals surface area contributed by atoms with Crippen LogP contribution in [0.5, 0.6) is 5.75 Å². The minimum Gasteiger partial charge on any atom is -0.495 e. The summed E-state index contributed by atoms with van der Waals surface area (Å²) in [7, 11) is 1.62. The van der Waals surface area contributed by atoms with Crippen LogP contribution in [0.2, 0.25) is 0 Å². The second-order valence-corrected chi connectivity index (χ2v) is 5.36. The van der Waals surface area contributed by atoms with Gasteiger partial charge < -0.3 is 10.1 Å². The number of hydrogen-bond donors (Lipinski definition) is 1. The molecule has 18 heavy (non-hydrogen) atoms. The minimum atomic E-state index is -0.187. The lowest BCUT2D eigenvalue weighted by Crippen LogP contribution is -2.43. The van der Waals surface area contributed by atoms with Crippen LogP contribution in [0.1, 0.15) is 11.1 Å². The summed E-state index contributed by atoms with van der Waals surface area (Å²) in [4.78, 5) is 2.31. The van der Waals surface area contributed by atoms with Crippen molar-refractivity contribution in [2.45, 2.75) is 13.5 Å². The zero-order valence-corrected chi connectivity index (χ0v) is 12.3. The van der Waals surface area contributed by atoms with Gasteiger partial charge in [-0.2, -0.15) is 0 Å². The topological polar surface area (TPSA) is 24.5 Å². The standard InChI is InChI=1S/C13H18BrFN2O/c1-9-10(8-17-5-3-16-4-6-17)13(18-2)11(14)7-12(9)15/h7,16H,3-6,8H2,1-2H3. The van der Waals surface area contributed by atoms with Crippen LogP contribution in [0.15, 0.2) is 10.5 Å². The molecule has 0 atom stereocenters. The van der Waals surface area contributed by atoms with Crippen molar-refractivity contribution in [2.24, 2.45) is 0 Å². The summed E-state index contributed by atoms with van der Waals surface area (Å²) >= 11 is 3.36. The molecule has 0 spiro atoms. The number of ether oxygens (including phenoxy) is 1. The van der Waals surface area contributed by atoms with Gasteiger partial charge in [-0.3, -0.25) is 4.90 Å². The summed E-state index contributed by atoms with van der Waals surface area (Å²) in [6, 6.07) is 1.47. The second kappa shape index (κ2) is 5.99. The monoisotopic (exact) mass is 316 g/mol. The van der Waals surface area contributed by atoms with Crippen molar-refractivity contribution >= 4 is 15.9 Å². The Morgan fingerprint density at radius 3 is 2.72 bits per heavy atom. The first-order valence-electron chi connectivity index (χ1n) is 6.08. The quantitative estimate of drug-likeness (QED) is 0.926.